The number of Topliss-reactive ketones (excluding diaryl/α,β-unsaturated/α-hetero) is 1. The monoisotopic (exact) mass is 615 g/mol. The summed E-state index contributed by atoms with van der Waals surface area (Å²) in [5.74, 6) is 0.301. The van der Waals surface area contributed by atoms with Crippen LogP contribution >= 0.6 is 0 Å². The van der Waals surface area contributed by atoms with E-state index in [0.29, 0.717) is 18.4 Å². The number of nitrogens with zero attached hydrogens (tertiary/aromatic N) is 2. The number of hydrogen-bond donors (Lipinski definition) is 1. The third kappa shape index (κ3) is 10.1. The topological polar surface area (TPSA) is 70.1 Å². The number of carbonyl (C=O) groups excluding carboxylic acids is 1. The standard InChI is InChI=1S/C33H38N2O4.Y/c1-39-31-16-14-30(15-17-31)35-23-21-34(22-24-35)20-19-28(8-7-26-5-3-2-4-6-26)25-32(36)29-12-9-27(10-13-29)11-18-33(37)38;/h2-7,9-10,12-17,19,28H,8,11,18,20-25H2,1H3,(H,37,38);/q-2;. The molecule has 0 amide bonds. The third-order valence-electron chi connectivity index (χ3n) is 7.31. The minimum Gasteiger partial charge on any atom is -0.497 e. The van der Waals surface area contributed by atoms with E-state index in [0.717, 1.165) is 50.5 Å². The number of hydrogen-bond acceptors (Lipinski definition) is 5. The number of aryl methyl sites for hydroxylation is 1. The van der Waals surface area contributed by atoms with Gasteiger partial charge in [0, 0.05) is 76.6 Å². The first-order chi connectivity index (χ1) is 19.0. The molecule has 0 saturated carbocycles. The molecular formula is C33H38N2O4Y-2. The molecule has 3 aromatic carbocycles. The van der Waals surface area contributed by atoms with Crippen LogP contribution in [0, 0.1) is 18.8 Å². The summed E-state index contributed by atoms with van der Waals surface area (Å²) in [6.07, 6.45) is 6.33. The SMILES string of the molecule is COc1ccc(N2CCN(C[CH-]C(C[CH-]c3ccccc3)CC(=O)c3ccc(CCC(=O)O)cc3)CC2)cc1.[Y]. The van der Waals surface area contributed by atoms with Crippen molar-refractivity contribution in [3.8, 4) is 5.75 Å². The van der Waals surface area contributed by atoms with Gasteiger partial charge in [0.15, 0.2) is 5.78 Å². The molecule has 4 rings (SSSR count). The van der Waals surface area contributed by atoms with Crippen molar-refractivity contribution < 1.29 is 52.1 Å². The van der Waals surface area contributed by atoms with Crippen molar-refractivity contribution >= 4 is 17.4 Å². The van der Waals surface area contributed by atoms with Crippen molar-refractivity contribution in [3.05, 3.63) is 108 Å². The van der Waals surface area contributed by atoms with E-state index >= 15 is 0 Å². The average molecular weight is 616 g/mol. The molecule has 1 atom stereocenters. The van der Waals surface area contributed by atoms with Crippen LogP contribution in [0.3, 0.4) is 0 Å². The molecule has 1 saturated heterocycles. The average Bonchev–Trinajstić information content (AvgIpc) is 2.98. The van der Waals surface area contributed by atoms with Gasteiger partial charge in [0.2, 0.25) is 0 Å². The molecule has 7 heteroatoms. The zero-order chi connectivity index (χ0) is 27.5. The molecular weight excluding hydrogens is 577 g/mol. The number of ether oxygens (including phenoxy) is 1. The Labute approximate surface area is 263 Å². The van der Waals surface area contributed by atoms with Crippen molar-refractivity contribution in [2.45, 2.75) is 25.7 Å². The van der Waals surface area contributed by atoms with Gasteiger partial charge in [-0.3, -0.25) is 9.59 Å². The summed E-state index contributed by atoms with van der Waals surface area (Å²) in [6, 6.07) is 25.9. The fourth-order valence-electron chi connectivity index (χ4n) is 4.88. The van der Waals surface area contributed by atoms with Crippen LogP contribution in [0.4, 0.5) is 5.69 Å². The molecule has 6 nitrogen and oxygen atoms in total. The third-order valence-corrected chi connectivity index (χ3v) is 7.31. The molecule has 1 heterocycles. The second-order valence-electron chi connectivity index (χ2n) is 10.0. The maximum Gasteiger partial charge on any atom is 0.303 e. The number of anilines is 1. The Hall–Kier alpha value is -2.67. The first-order valence-corrected chi connectivity index (χ1v) is 13.7. The first-order valence-electron chi connectivity index (χ1n) is 13.7. The molecule has 0 bridgehead atoms. The van der Waals surface area contributed by atoms with Gasteiger partial charge in [-0.2, -0.15) is 30.0 Å². The molecule has 1 aliphatic heterocycles. The number of benzene rings is 3. The van der Waals surface area contributed by atoms with Crippen LogP contribution in [0.2, 0.25) is 0 Å². The Morgan fingerprint density at radius 2 is 1.60 bits per heavy atom. The molecule has 1 N–H and O–H groups in total. The summed E-state index contributed by atoms with van der Waals surface area (Å²) in [4.78, 5) is 28.9. The first kappa shape index (κ1) is 31.9. The summed E-state index contributed by atoms with van der Waals surface area (Å²) in [6.45, 7) is 4.74. The van der Waals surface area contributed by atoms with Crippen molar-refractivity contribution in [2.75, 3.05) is 44.7 Å². The molecule has 40 heavy (non-hydrogen) atoms. The van der Waals surface area contributed by atoms with Crippen LogP contribution in [-0.4, -0.2) is 61.6 Å². The predicted molar refractivity (Wildman–Crippen MR) is 155 cm³/mol. The van der Waals surface area contributed by atoms with Crippen molar-refractivity contribution in [2.24, 2.45) is 5.92 Å². The van der Waals surface area contributed by atoms with E-state index in [4.69, 9.17) is 9.84 Å². The Morgan fingerprint density at radius 1 is 0.925 bits per heavy atom. The van der Waals surface area contributed by atoms with Crippen LogP contribution in [0.15, 0.2) is 78.9 Å². The number of methoxy groups -OCH3 is 1. The minimum atomic E-state index is -0.814. The van der Waals surface area contributed by atoms with Gasteiger partial charge < -0.3 is 26.1 Å². The van der Waals surface area contributed by atoms with Crippen LogP contribution in [-0.2, 0) is 43.9 Å². The van der Waals surface area contributed by atoms with E-state index in [1.165, 1.54) is 11.3 Å². The summed E-state index contributed by atoms with van der Waals surface area (Å²) in [5.41, 5.74) is 4.00. The Balaban J connectivity index is 0.00000441. The molecule has 0 aromatic heterocycles. The van der Waals surface area contributed by atoms with Gasteiger partial charge >= 0.3 is 5.97 Å². The Morgan fingerprint density at radius 3 is 2.23 bits per heavy atom. The van der Waals surface area contributed by atoms with E-state index in [-0.39, 0.29) is 50.8 Å². The second-order valence-corrected chi connectivity index (χ2v) is 10.0. The summed E-state index contributed by atoms with van der Waals surface area (Å²) < 4.78 is 5.28. The second kappa shape index (κ2) is 16.6. The van der Waals surface area contributed by atoms with E-state index < -0.39 is 5.97 Å². The largest absolute Gasteiger partial charge is 0.497 e. The molecule has 1 unspecified atom stereocenters. The van der Waals surface area contributed by atoms with Gasteiger partial charge in [-0.25, -0.2) is 0 Å². The number of carbonyl (C=O) groups is 2. The maximum atomic E-state index is 13.2. The van der Waals surface area contributed by atoms with E-state index in [9.17, 15) is 9.59 Å². The molecule has 0 aliphatic carbocycles. The van der Waals surface area contributed by atoms with Gasteiger partial charge in [0.25, 0.3) is 0 Å². The van der Waals surface area contributed by atoms with E-state index in [2.05, 4.69) is 46.9 Å². The van der Waals surface area contributed by atoms with Crippen LogP contribution in [0.1, 0.15) is 40.7 Å². The normalized spacial score (nSPS) is 14.2. The Kier molecular flexibility index (Phi) is 13.2. The quantitative estimate of drug-likeness (QED) is 0.189. The molecule has 1 fully saturated rings. The van der Waals surface area contributed by atoms with Gasteiger partial charge in [-0.15, -0.1) is 25.1 Å². The summed E-state index contributed by atoms with van der Waals surface area (Å²) in [5, 5.41) is 8.91. The van der Waals surface area contributed by atoms with Crippen LogP contribution in [0.25, 0.3) is 0 Å². The minimum absolute atomic E-state index is 0. The van der Waals surface area contributed by atoms with Gasteiger partial charge in [-0.1, -0.05) is 30.3 Å². The van der Waals surface area contributed by atoms with Crippen LogP contribution < -0.4 is 9.64 Å². The number of ketones is 1. The number of rotatable bonds is 14. The van der Waals surface area contributed by atoms with Crippen molar-refractivity contribution in [1.29, 1.82) is 0 Å². The Bertz CT molecular complexity index is 1180. The van der Waals surface area contributed by atoms with E-state index in [1.807, 2.05) is 54.6 Å². The molecule has 0 spiro atoms. The van der Waals surface area contributed by atoms with Crippen molar-refractivity contribution in [3.63, 3.8) is 0 Å². The molecule has 1 radical (unpaired) electrons. The van der Waals surface area contributed by atoms with E-state index in [1.54, 1.807) is 7.11 Å². The number of aliphatic carboxylic acids is 1. The number of piperazine rings is 1. The number of carboxylic acid groups (broad SMARTS) is 1. The number of carboxylic acids is 1. The molecule has 209 valence electrons. The van der Waals surface area contributed by atoms with Crippen molar-refractivity contribution in [1.82, 2.24) is 4.90 Å². The zero-order valence-electron chi connectivity index (χ0n) is 23.2. The fourth-order valence-corrected chi connectivity index (χ4v) is 4.88. The fraction of sp³-hybridized carbons (Fsp3) is 0.333. The van der Waals surface area contributed by atoms with Gasteiger partial charge in [0.1, 0.15) is 5.75 Å². The summed E-state index contributed by atoms with van der Waals surface area (Å²) >= 11 is 0. The van der Waals surface area contributed by atoms with Gasteiger partial charge in [0.05, 0.1) is 7.11 Å². The zero-order valence-corrected chi connectivity index (χ0v) is 26.1. The smallest absolute Gasteiger partial charge is 0.303 e. The molecule has 3 aromatic rings. The maximum absolute atomic E-state index is 13.2. The molecule has 1 aliphatic rings. The predicted octanol–water partition coefficient (Wildman–Crippen LogP) is 5.57. The summed E-state index contributed by atoms with van der Waals surface area (Å²) in [7, 11) is 1.68. The van der Waals surface area contributed by atoms with Crippen LogP contribution in [0.5, 0.6) is 5.75 Å². The van der Waals surface area contributed by atoms with Gasteiger partial charge in [-0.05, 0) is 42.7 Å².